The van der Waals surface area contributed by atoms with Crippen molar-refractivity contribution >= 4 is 6.16 Å². The van der Waals surface area contributed by atoms with Crippen molar-refractivity contribution < 1.29 is 19.0 Å². The molecule has 0 radical (unpaired) electrons. The molecule has 1 aliphatic rings. The summed E-state index contributed by atoms with van der Waals surface area (Å²) in [4.78, 5) is 10.0. The van der Waals surface area contributed by atoms with Gasteiger partial charge in [-0.25, -0.2) is 4.79 Å². The quantitative estimate of drug-likeness (QED) is 0.521. The fourth-order valence-corrected chi connectivity index (χ4v) is 0.808. The Bertz CT molecular complexity index is 143. The predicted molar refractivity (Wildman–Crippen MR) is 53.3 cm³/mol. The van der Waals surface area contributed by atoms with Crippen molar-refractivity contribution in [3.63, 3.8) is 0 Å². The van der Waals surface area contributed by atoms with E-state index >= 15 is 0 Å². The van der Waals surface area contributed by atoms with E-state index in [4.69, 9.17) is 4.74 Å². The molecule has 0 spiro atoms. The lowest BCUT2D eigenvalue weighted by molar-refractivity contribution is 0.121. The number of carbonyl (C=O) groups excluding carboxylic acids is 1. The minimum atomic E-state index is -0.549. The SMILES string of the molecule is CC1COC(=O)O1.CCCOCCC. The largest absolute Gasteiger partial charge is 0.508 e. The number of hydrogen-bond acceptors (Lipinski definition) is 4. The second-order valence-electron chi connectivity index (χ2n) is 3.10. The summed E-state index contributed by atoms with van der Waals surface area (Å²) in [6.45, 7) is 8.27. The number of hydrogen-bond donors (Lipinski definition) is 0. The lowest BCUT2D eigenvalue weighted by atomic mass is 10.5. The molecule has 14 heavy (non-hydrogen) atoms. The molecule has 0 saturated carbocycles. The molecular formula is C10H20O4. The molecule has 84 valence electrons. The average molecular weight is 204 g/mol. The van der Waals surface area contributed by atoms with Crippen molar-refractivity contribution in [1.82, 2.24) is 0 Å². The zero-order valence-corrected chi connectivity index (χ0v) is 9.25. The van der Waals surface area contributed by atoms with E-state index in [1.165, 1.54) is 0 Å². The van der Waals surface area contributed by atoms with Crippen molar-refractivity contribution in [1.29, 1.82) is 0 Å². The van der Waals surface area contributed by atoms with Gasteiger partial charge in [-0.1, -0.05) is 13.8 Å². The number of rotatable bonds is 4. The van der Waals surface area contributed by atoms with Gasteiger partial charge in [0.05, 0.1) is 0 Å². The van der Waals surface area contributed by atoms with Gasteiger partial charge in [0.1, 0.15) is 12.7 Å². The molecule has 0 aromatic carbocycles. The molecule has 4 heteroatoms. The molecule has 1 saturated heterocycles. The standard InChI is InChI=1S/C6H14O.C4H6O3/c1-3-5-7-6-4-2;1-3-2-6-4(5)7-3/h3-6H2,1-2H3;3H,2H2,1H3. The van der Waals surface area contributed by atoms with Crippen LogP contribution in [0.2, 0.25) is 0 Å². The molecule has 0 aromatic heterocycles. The van der Waals surface area contributed by atoms with E-state index in [0.29, 0.717) is 6.61 Å². The summed E-state index contributed by atoms with van der Waals surface area (Å²) in [7, 11) is 0. The van der Waals surface area contributed by atoms with Crippen LogP contribution < -0.4 is 0 Å². The molecular weight excluding hydrogens is 184 g/mol. The maximum atomic E-state index is 10.0. The van der Waals surface area contributed by atoms with Gasteiger partial charge in [-0.3, -0.25) is 0 Å². The summed E-state index contributed by atoms with van der Waals surface area (Å²) < 4.78 is 14.0. The Labute approximate surface area is 85.5 Å². The summed E-state index contributed by atoms with van der Waals surface area (Å²) in [6, 6.07) is 0. The van der Waals surface area contributed by atoms with Crippen LogP contribution in [0.5, 0.6) is 0 Å². The van der Waals surface area contributed by atoms with E-state index in [9.17, 15) is 4.79 Å². The first-order valence-corrected chi connectivity index (χ1v) is 5.11. The first kappa shape index (κ1) is 13.2. The smallest absolute Gasteiger partial charge is 0.430 e. The van der Waals surface area contributed by atoms with Gasteiger partial charge < -0.3 is 14.2 Å². The molecule has 1 atom stereocenters. The summed E-state index contributed by atoms with van der Waals surface area (Å²) in [5, 5.41) is 0. The molecule has 1 unspecified atom stereocenters. The average Bonchev–Trinajstić information content (AvgIpc) is 2.52. The first-order valence-electron chi connectivity index (χ1n) is 5.11. The third-order valence-corrected chi connectivity index (χ3v) is 1.43. The molecule has 0 bridgehead atoms. The van der Waals surface area contributed by atoms with E-state index in [0.717, 1.165) is 26.1 Å². The highest BCUT2D eigenvalue weighted by Crippen LogP contribution is 2.02. The highest BCUT2D eigenvalue weighted by atomic mass is 16.8. The Morgan fingerprint density at radius 1 is 1.36 bits per heavy atom. The van der Waals surface area contributed by atoms with Crippen LogP contribution in [0, 0.1) is 0 Å². The third-order valence-electron chi connectivity index (χ3n) is 1.43. The van der Waals surface area contributed by atoms with Gasteiger partial charge in [0, 0.05) is 13.2 Å². The van der Waals surface area contributed by atoms with Crippen molar-refractivity contribution in [2.24, 2.45) is 0 Å². The maximum Gasteiger partial charge on any atom is 0.508 e. The van der Waals surface area contributed by atoms with Crippen molar-refractivity contribution in [2.75, 3.05) is 19.8 Å². The van der Waals surface area contributed by atoms with Crippen LogP contribution in [-0.2, 0) is 14.2 Å². The summed E-state index contributed by atoms with van der Waals surface area (Å²) in [5.41, 5.74) is 0. The number of carbonyl (C=O) groups is 1. The van der Waals surface area contributed by atoms with E-state index in [-0.39, 0.29) is 6.10 Å². The predicted octanol–water partition coefficient (Wildman–Crippen LogP) is 2.36. The van der Waals surface area contributed by atoms with Gasteiger partial charge >= 0.3 is 6.16 Å². The Morgan fingerprint density at radius 3 is 2.14 bits per heavy atom. The highest BCUT2D eigenvalue weighted by Gasteiger charge is 2.19. The summed E-state index contributed by atoms with van der Waals surface area (Å²) in [6.07, 6.45) is 1.68. The summed E-state index contributed by atoms with van der Waals surface area (Å²) >= 11 is 0. The van der Waals surface area contributed by atoms with Gasteiger partial charge in [-0.05, 0) is 19.8 Å². The van der Waals surface area contributed by atoms with Gasteiger partial charge in [0.25, 0.3) is 0 Å². The molecule has 0 aliphatic carbocycles. The van der Waals surface area contributed by atoms with Crippen LogP contribution in [0.3, 0.4) is 0 Å². The lowest BCUT2D eigenvalue weighted by Crippen LogP contribution is -2.01. The van der Waals surface area contributed by atoms with Crippen LogP contribution in [0.4, 0.5) is 4.79 Å². The Balaban J connectivity index is 0.000000241. The van der Waals surface area contributed by atoms with Crippen molar-refractivity contribution in [2.45, 2.75) is 39.7 Å². The van der Waals surface area contributed by atoms with E-state index in [1.807, 2.05) is 0 Å². The van der Waals surface area contributed by atoms with Crippen molar-refractivity contribution in [3.05, 3.63) is 0 Å². The zero-order valence-electron chi connectivity index (χ0n) is 9.25. The fourth-order valence-electron chi connectivity index (χ4n) is 0.808. The van der Waals surface area contributed by atoms with E-state index in [2.05, 4.69) is 23.3 Å². The van der Waals surface area contributed by atoms with Gasteiger partial charge in [-0.2, -0.15) is 0 Å². The zero-order chi connectivity index (χ0) is 10.8. The molecule has 0 aromatic rings. The summed E-state index contributed by atoms with van der Waals surface area (Å²) in [5.74, 6) is 0. The molecule has 1 rings (SSSR count). The third kappa shape index (κ3) is 7.86. The van der Waals surface area contributed by atoms with Crippen LogP contribution in [0.25, 0.3) is 0 Å². The van der Waals surface area contributed by atoms with Gasteiger partial charge in [0.15, 0.2) is 0 Å². The molecule has 1 fully saturated rings. The molecule has 1 heterocycles. The first-order chi connectivity index (χ1) is 6.70. The van der Waals surface area contributed by atoms with Gasteiger partial charge in [-0.15, -0.1) is 0 Å². The molecule has 0 N–H and O–H groups in total. The van der Waals surface area contributed by atoms with Crippen LogP contribution in [-0.4, -0.2) is 32.1 Å². The van der Waals surface area contributed by atoms with Crippen LogP contribution >= 0.6 is 0 Å². The second-order valence-corrected chi connectivity index (χ2v) is 3.10. The molecule has 1 aliphatic heterocycles. The Hall–Kier alpha value is -0.770. The fraction of sp³-hybridized carbons (Fsp3) is 0.900. The van der Waals surface area contributed by atoms with Crippen molar-refractivity contribution in [3.8, 4) is 0 Å². The monoisotopic (exact) mass is 204 g/mol. The maximum absolute atomic E-state index is 10.0. The van der Waals surface area contributed by atoms with Gasteiger partial charge in [0.2, 0.25) is 0 Å². The van der Waals surface area contributed by atoms with Crippen LogP contribution in [0.15, 0.2) is 0 Å². The number of cyclic esters (lactones) is 2. The highest BCUT2D eigenvalue weighted by molar-refractivity contribution is 5.61. The van der Waals surface area contributed by atoms with Crippen LogP contribution in [0.1, 0.15) is 33.6 Å². The minimum absolute atomic E-state index is 0.0486. The van der Waals surface area contributed by atoms with E-state index in [1.54, 1.807) is 6.92 Å². The second kappa shape index (κ2) is 8.81. The topological polar surface area (TPSA) is 44.8 Å². The molecule has 0 amide bonds. The normalized spacial score (nSPS) is 19.4. The lowest BCUT2D eigenvalue weighted by Gasteiger charge is -1.95. The molecule has 4 nitrogen and oxygen atoms in total. The minimum Gasteiger partial charge on any atom is -0.430 e. The Kier molecular flexibility index (Phi) is 8.33. The number of ether oxygens (including phenoxy) is 3. The Morgan fingerprint density at radius 2 is 1.93 bits per heavy atom. The van der Waals surface area contributed by atoms with E-state index < -0.39 is 6.16 Å².